The molecular formula is C9H16N2S2. The van der Waals surface area contributed by atoms with Crippen LogP contribution in [0.1, 0.15) is 12.6 Å². The van der Waals surface area contributed by atoms with Gasteiger partial charge in [-0.2, -0.15) is 0 Å². The molecule has 1 heterocycles. The predicted molar refractivity (Wildman–Crippen MR) is 60.7 cm³/mol. The highest BCUT2D eigenvalue weighted by atomic mass is 32.2. The largest absolute Gasteiger partial charge is 0.319 e. The molecule has 0 radical (unpaired) electrons. The maximum Gasteiger partial charge on any atom is 0.150 e. The van der Waals surface area contributed by atoms with Crippen LogP contribution in [-0.2, 0) is 0 Å². The van der Waals surface area contributed by atoms with Crippen molar-refractivity contribution >= 4 is 23.1 Å². The molecule has 0 aromatic carbocycles. The first-order chi connectivity index (χ1) is 6.22. The summed E-state index contributed by atoms with van der Waals surface area (Å²) in [6.07, 6.45) is 0. The monoisotopic (exact) mass is 216 g/mol. The van der Waals surface area contributed by atoms with Crippen molar-refractivity contribution in [2.75, 3.05) is 19.3 Å². The average Bonchev–Trinajstić information content (AvgIpc) is 2.49. The molecule has 0 bridgehead atoms. The van der Waals surface area contributed by atoms with E-state index < -0.39 is 0 Å². The molecule has 2 nitrogen and oxygen atoms in total. The van der Waals surface area contributed by atoms with Gasteiger partial charge in [-0.3, -0.25) is 0 Å². The first-order valence-corrected chi connectivity index (χ1v) is 6.28. The highest BCUT2D eigenvalue weighted by Crippen LogP contribution is 2.23. The Morgan fingerprint density at radius 3 is 3.00 bits per heavy atom. The van der Waals surface area contributed by atoms with E-state index >= 15 is 0 Å². The molecule has 0 fully saturated rings. The average molecular weight is 216 g/mol. The van der Waals surface area contributed by atoms with Crippen LogP contribution >= 0.6 is 23.1 Å². The van der Waals surface area contributed by atoms with Crippen LogP contribution in [-0.4, -0.2) is 24.3 Å². The van der Waals surface area contributed by atoms with Gasteiger partial charge in [0, 0.05) is 16.8 Å². The first-order valence-electron chi connectivity index (χ1n) is 4.42. The van der Waals surface area contributed by atoms with Crippen LogP contribution in [0.25, 0.3) is 0 Å². The van der Waals surface area contributed by atoms with Gasteiger partial charge < -0.3 is 5.32 Å². The summed E-state index contributed by atoms with van der Waals surface area (Å²) in [5.74, 6) is 1.85. The third-order valence-corrected chi connectivity index (χ3v) is 4.11. The van der Waals surface area contributed by atoms with Crippen LogP contribution in [0, 0.1) is 12.8 Å². The van der Waals surface area contributed by atoms with Crippen LogP contribution in [0.15, 0.2) is 9.72 Å². The van der Waals surface area contributed by atoms with E-state index in [0.29, 0.717) is 5.92 Å². The van der Waals surface area contributed by atoms with E-state index in [1.165, 1.54) is 4.34 Å². The summed E-state index contributed by atoms with van der Waals surface area (Å²) in [6, 6.07) is 0. The molecule has 0 saturated carbocycles. The van der Waals surface area contributed by atoms with Gasteiger partial charge in [-0.05, 0) is 26.4 Å². The Kier molecular flexibility index (Phi) is 4.77. The summed E-state index contributed by atoms with van der Waals surface area (Å²) < 4.78 is 1.19. The Bertz CT molecular complexity index is 248. The van der Waals surface area contributed by atoms with Crippen molar-refractivity contribution in [2.24, 2.45) is 5.92 Å². The number of aromatic nitrogens is 1. The molecule has 1 aromatic rings. The minimum atomic E-state index is 0.708. The maximum atomic E-state index is 4.40. The normalized spacial score (nSPS) is 13.2. The second kappa shape index (κ2) is 5.62. The van der Waals surface area contributed by atoms with Crippen LogP contribution in [0.5, 0.6) is 0 Å². The molecule has 0 spiro atoms. The number of nitrogens with one attached hydrogen (secondary N) is 1. The van der Waals surface area contributed by atoms with Gasteiger partial charge in [0.05, 0.1) is 0 Å². The summed E-state index contributed by atoms with van der Waals surface area (Å²) in [6.45, 7) is 5.37. The maximum absolute atomic E-state index is 4.40. The smallest absolute Gasteiger partial charge is 0.150 e. The lowest BCUT2D eigenvalue weighted by molar-refractivity contribution is 0.603. The minimum Gasteiger partial charge on any atom is -0.319 e. The standard InChI is InChI=1S/C9H16N2S2/c1-7(4-10-3)5-12-9-11-8(2)6-13-9/h6-7,10H,4-5H2,1-3H3. The lowest BCUT2D eigenvalue weighted by Gasteiger charge is -2.07. The van der Waals surface area contributed by atoms with Crippen LogP contribution < -0.4 is 5.32 Å². The summed E-state index contributed by atoms with van der Waals surface area (Å²) in [4.78, 5) is 4.40. The molecule has 0 saturated heterocycles. The van der Waals surface area contributed by atoms with Gasteiger partial charge in [0.2, 0.25) is 0 Å². The van der Waals surface area contributed by atoms with Gasteiger partial charge in [0.25, 0.3) is 0 Å². The number of aryl methyl sites for hydroxylation is 1. The third kappa shape index (κ3) is 4.11. The molecule has 1 unspecified atom stereocenters. The quantitative estimate of drug-likeness (QED) is 0.765. The van der Waals surface area contributed by atoms with E-state index in [0.717, 1.165) is 18.0 Å². The molecular weight excluding hydrogens is 200 g/mol. The highest BCUT2D eigenvalue weighted by molar-refractivity contribution is 8.01. The SMILES string of the molecule is CNCC(C)CSc1nc(C)cs1. The number of rotatable bonds is 5. The van der Waals surface area contributed by atoms with E-state index in [1.807, 2.05) is 25.7 Å². The topological polar surface area (TPSA) is 24.9 Å². The van der Waals surface area contributed by atoms with Crippen molar-refractivity contribution in [2.45, 2.75) is 18.2 Å². The molecule has 1 aromatic heterocycles. The number of thiazole rings is 1. The van der Waals surface area contributed by atoms with Gasteiger partial charge in [0.15, 0.2) is 0 Å². The van der Waals surface area contributed by atoms with Crippen LogP contribution in [0.2, 0.25) is 0 Å². The number of nitrogens with zero attached hydrogens (tertiary/aromatic N) is 1. The summed E-state index contributed by atoms with van der Waals surface area (Å²) >= 11 is 3.60. The Morgan fingerprint density at radius 1 is 1.69 bits per heavy atom. The first kappa shape index (κ1) is 11.0. The van der Waals surface area contributed by atoms with Gasteiger partial charge in [0.1, 0.15) is 4.34 Å². The summed E-state index contributed by atoms with van der Waals surface area (Å²) in [7, 11) is 1.99. The zero-order valence-corrected chi connectivity index (χ0v) is 9.97. The summed E-state index contributed by atoms with van der Waals surface area (Å²) in [5.41, 5.74) is 1.13. The number of hydrogen-bond donors (Lipinski definition) is 1. The van der Waals surface area contributed by atoms with E-state index in [-0.39, 0.29) is 0 Å². The molecule has 1 rings (SSSR count). The van der Waals surface area contributed by atoms with Gasteiger partial charge in [-0.15, -0.1) is 11.3 Å². The molecule has 0 aliphatic carbocycles. The van der Waals surface area contributed by atoms with Crippen LogP contribution in [0.4, 0.5) is 0 Å². The summed E-state index contributed by atoms with van der Waals surface area (Å²) in [5, 5.41) is 5.28. The van der Waals surface area contributed by atoms with Crippen molar-refractivity contribution < 1.29 is 0 Å². The molecule has 74 valence electrons. The number of hydrogen-bond acceptors (Lipinski definition) is 4. The Morgan fingerprint density at radius 2 is 2.46 bits per heavy atom. The molecule has 13 heavy (non-hydrogen) atoms. The fourth-order valence-electron chi connectivity index (χ4n) is 1.02. The van der Waals surface area contributed by atoms with Crippen molar-refractivity contribution in [3.63, 3.8) is 0 Å². The predicted octanol–water partition coefficient (Wildman–Crippen LogP) is 2.40. The van der Waals surface area contributed by atoms with Gasteiger partial charge >= 0.3 is 0 Å². The van der Waals surface area contributed by atoms with E-state index in [9.17, 15) is 0 Å². The lowest BCUT2D eigenvalue weighted by Crippen LogP contribution is -2.17. The fourth-order valence-corrected chi connectivity index (χ4v) is 2.91. The van der Waals surface area contributed by atoms with Gasteiger partial charge in [-0.1, -0.05) is 18.7 Å². The molecule has 1 N–H and O–H groups in total. The number of thioether (sulfide) groups is 1. The Balaban J connectivity index is 2.26. The van der Waals surface area contributed by atoms with Crippen molar-refractivity contribution in [1.29, 1.82) is 0 Å². The van der Waals surface area contributed by atoms with E-state index in [2.05, 4.69) is 22.6 Å². The fraction of sp³-hybridized carbons (Fsp3) is 0.667. The zero-order chi connectivity index (χ0) is 9.68. The van der Waals surface area contributed by atoms with Crippen LogP contribution in [0.3, 0.4) is 0 Å². The molecule has 1 atom stereocenters. The molecule has 0 aliphatic heterocycles. The van der Waals surface area contributed by atoms with E-state index in [4.69, 9.17) is 0 Å². The third-order valence-electron chi connectivity index (χ3n) is 1.64. The van der Waals surface area contributed by atoms with Crippen molar-refractivity contribution in [1.82, 2.24) is 10.3 Å². The highest BCUT2D eigenvalue weighted by Gasteiger charge is 2.04. The minimum absolute atomic E-state index is 0.708. The second-order valence-corrected chi connectivity index (χ2v) is 5.35. The van der Waals surface area contributed by atoms with E-state index in [1.54, 1.807) is 11.3 Å². The van der Waals surface area contributed by atoms with Gasteiger partial charge in [-0.25, -0.2) is 4.98 Å². The second-order valence-electron chi connectivity index (χ2n) is 3.23. The Labute approximate surface area is 88.2 Å². The van der Waals surface area contributed by atoms with Crippen molar-refractivity contribution in [3.8, 4) is 0 Å². The molecule has 0 aliphatic rings. The Hall–Kier alpha value is -0.0600. The molecule has 0 amide bonds. The zero-order valence-electron chi connectivity index (χ0n) is 8.33. The van der Waals surface area contributed by atoms with Crippen molar-refractivity contribution in [3.05, 3.63) is 11.1 Å². The molecule has 4 heteroatoms. The lowest BCUT2D eigenvalue weighted by atomic mass is 10.2.